The van der Waals surface area contributed by atoms with Crippen molar-refractivity contribution in [2.75, 3.05) is 0 Å². The molecular weight excluding hydrogens is 244 g/mol. The van der Waals surface area contributed by atoms with E-state index in [-0.39, 0.29) is 5.92 Å². The number of hydrogen-bond acceptors (Lipinski definition) is 1. The number of aryl methyl sites for hydroxylation is 1. The van der Waals surface area contributed by atoms with Crippen LogP contribution in [0.3, 0.4) is 0 Å². The minimum Gasteiger partial charge on any atom is -0.388 e. The predicted octanol–water partition coefficient (Wildman–Crippen LogP) is 4.55. The highest BCUT2D eigenvalue weighted by Crippen LogP contribution is 2.28. The van der Waals surface area contributed by atoms with Gasteiger partial charge in [-0.25, -0.2) is 0 Å². The minimum atomic E-state index is -0.419. The zero-order valence-electron chi connectivity index (χ0n) is 11.8. The Kier molecular flexibility index (Phi) is 5.57. The van der Waals surface area contributed by atoms with E-state index in [0.717, 1.165) is 24.8 Å². The molecule has 0 bridgehead atoms. The first-order chi connectivity index (χ1) is 9.81. The molecule has 0 aliphatic heterocycles. The zero-order chi connectivity index (χ0) is 14.2. The first kappa shape index (κ1) is 14.5. The lowest BCUT2D eigenvalue weighted by Gasteiger charge is -2.22. The van der Waals surface area contributed by atoms with Crippen molar-refractivity contribution in [1.29, 1.82) is 0 Å². The monoisotopic (exact) mass is 266 g/mol. The molecule has 1 nitrogen and oxygen atoms in total. The van der Waals surface area contributed by atoms with Gasteiger partial charge in [-0.1, -0.05) is 66.7 Å². The molecule has 0 unspecified atom stereocenters. The van der Waals surface area contributed by atoms with E-state index in [1.807, 2.05) is 42.5 Å². The molecule has 2 atom stereocenters. The van der Waals surface area contributed by atoms with E-state index >= 15 is 0 Å². The van der Waals surface area contributed by atoms with Gasteiger partial charge in [0.1, 0.15) is 0 Å². The molecule has 0 radical (unpaired) electrons. The van der Waals surface area contributed by atoms with Crippen molar-refractivity contribution < 1.29 is 5.11 Å². The third-order valence-corrected chi connectivity index (χ3v) is 3.70. The molecule has 0 spiro atoms. The SMILES string of the molecule is C=CC[C@@H](CCc1ccccc1)[C@@H](O)c1ccccc1. The van der Waals surface area contributed by atoms with Crippen molar-refractivity contribution >= 4 is 0 Å². The van der Waals surface area contributed by atoms with Gasteiger partial charge in [0.05, 0.1) is 6.10 Å². The summed E-state index contributed by atoms with van der Waals surface area (Å²) >= 11 is 0. The summed E-state index contributed by atoms with van der Waals surface area (Å²) in [5.74, 6) is 0.218. The second-order valence-corrected chi connectivity index (χ2v) is 5.16. The van der Waals surface area contributed by atoms with Gasteiger partial charge in [-0.3, -0.25) is 0 Å². The molecule has 104 valence electrons. The van der Waals surface area contributed by atoms with E-state index in [2.05, 4.69) is 30.8 Å². The number of hydrogen-bond donors (Lipinski definition) is 1. The van der Waals surface area contributed by atoms with E-state index < -0.39 is 6.10 Å². The van der Waals surface area contributed by atoms with Crippen molar-refractivity contribution in [3.8, 4) is 0 Å². The molecular formula is C19H22O. The van der Waals surface area contributed by atoms with Crippen LogP contribution >= 0.6 is 0 Å². The largest absolute Gasteiger partial charge is 0.388 e. The Morgan fingerprint density at radius 2 is 1.55 bits per heavy atom. The Hall–Kier alpha value is -1.86. The fourth-order valence-electron chi connectivity index (χ4n) is 2.54. The van der Waals surface area contributed by atoms with Gasteiger partial charge in [0.2, 0.25) is 0 Å². The van der Waals surface area contributed by atoms with Gasteiger partial charge >= 0.3 is 0 Å². The van der Waals surface area contributed by atoms with Crippen LogP contribution in [0.1, 0.15) is 30.1 Å². The molecule has 2 aromatic rings. The van der Waals surface area contributed by atoms with E-state index in [1.165, 1.54) is 5.56 Å². The average molecular weight is 266 g/mol. The second-order valence-electron chi connectivity index (χ2n) is 5.16. The first-order valence-corrected chi connectivity index (χ1v) is 7.19. The van der Waals surface area contributed by atoms with Crippen molar-refractivity contribution in [2.45, 2.75) is 25.4 Å². The van der Waals surface area contributed by atoms with E-state index in [9.17, 15) is 5.11 Å². The highest BCUT2D eigenvalue weighted by Gasteiger charge is 2.19. The summed E-state index contributed by atoms with van der Waals surface area (Å²) in [6, 6.07) is 20.3. The quantitative estimate of drug-likeness (QED) is 0.729. The first-order valence-electron chi connectivity index (χ1n) is 7.19. The Labute approximate surface area is 121 Å². The highest BCUT2D eigenvalue weighted by atomic mass is 16.3. The van der Waals surface area contributed by atoms with Crippen LogP contribution in [0, 0.1) is 5.92 Å². The van der Waals surface area contributed by atoms with Gasteiger partial charge in [-0.2, -0.15) is 0 Å². The second kappa shape index (κ2) is 7.66. The molecule has 0 saturated carbocycles. The van der Waals surface area contributed by atoms with Crippen LogP contribution in [0.2, 0.25) is 0 Å². The maximum absolute atomic E-state index is 10.5. The van der Waals surface area contributed by atoms with Crippen LogP contribution in [0.15, 0.2) is 73.3 Å². The fourth-order valence-corrected chi connectivity index (χ4v) is 2.54. The molecule has 2 aromatic carbocycles. The number of aliphatic hydroxyl groups excluding tert-OH is 1. The summed E-state index contributed by atoms with van der Waals surface area (Å²) in [6.45, 7) is 3.82. The summed E-state index contributed by atoms with van der Waals surface area (Å²) < 4.78 is 0. The van der Waals surface area contributed by atoms with Crippen LogP contribution < -0.4 is 0 Å². The molecule has 1 heteroatoms. The summed E-state index contributed by atoms with van der Waals surface area (Å²) in [5.41, 5.74) is 2.31. The fraction of sp³-hybridized carbons (Fsp3) is 0.263. The number of aliphatic hydroxyl groups is 1. The smallest absolute Gasteiger partial charge is 0.0821 e. The van der Waals surface area contributed by atoms with Crippen LogP contribution in [-0.4, -0.2) is 5.11 Å². The summed E-state index contributed by atoms with van der Waals surface area (Å²) in [6.07, 6.45) is 4.28. The molecule has 1 N–H and O–H groups in total. The molecule has 0 fully saturated rings. The van der Waals surface area contributed by atoms with E-state index in [0.29, 0.717) is 0 Å². The van der Waals surface area contributed by atoms with Gasteiger partial charge in [-0.05, 0) is 36.3 Å². The van der Waals surface area contributed by atoms with Crippen LogP contribution in [0.5, 0.6) is 0 Å². The third-order valence-electron chi connectivity index (χ3n) is 3.70. The summed E-state index contributed by atoms with van der Waals surface area (Å²) in [4.78, 5) is 0. The Balaban J connectivity index is 2.01. The molecule has 0 amide bonds. The summed E-state index contributed by atoms with van der Waals surface area (Å²) in [5, 5.41) is 10.5. The van der Waals surface area contributed by atoms with E-state index in [4.69, 9.17) is 0 Å². The van der Waals surface area contributed by atoms with Crippen molar-refractivity contribution in [2.24, 2.45) is 5.92 Å². The van der Waals surface area contributed by atoms with Crippen molar-refractivity contribution in [1.82, 2.24) is 0 Å². The van der Waals surface area contributed by atoms with Gasteiger partial charge in [0.25, 0.3) is 0 Å². The average Bonchev–Trinajstić information content (AvgIpc) is 2.52. The maximum atomic E-state index is 10.5. The Morgan fingerprint density at radius 1 is 0.950 bits per heavy atom. The number of allylic oxidation sites excluding steroid dienone is 1. The van der Waals surface area contributed by atoms with Crippen molar-refractivity contribution in [3.63, 3.8) is 0 Å². The molecule has 0 heterocycles. The topological polar surface area (TPSA) is 20.2 Å². The molecule has 2 rings (SSSR count). The predicted molar refractivity (Wildman–Crippen MR) is 84.5 cm³/mol. The third kappa shape index (κ3) is 4.07. The lowest BCUT2D eigenvalue weighted by molar-refractivity contribution is 0.104. The lowest BCUT2D eigenvalue weighted by Crippen LogP contribution is -2.13. The molecule has 20 heavy (non-hydrogen) atoms. The van der Waals surface area contributed by atoms with Crippen LogP contribution in [-0.2, 0) is 6.42 Å². The normalized spacial score (nSPS) is 13.7. The Bertz CT molecular complexity index is 504. The molecule has 0 aliphatic carbocycles. The van der Waals surface area contributed by atoms with Gasteiger partial charge in [0, 0.05) is 0 Å². The zero-order valence-corrected chi connectivity index (χ0v) is 11.8. The van der Waals surface area contributed by atoms with Gasteiger partial charge in [-0.15, -0.1) is 6.58 Å². The van der Waals surface area contributed by atoms with Gasteiger partial charge in [0.15, 0.2) is 0 Å². The van der Waals surface area contributed by atoms with Crippen LogP contribution in [0.25, 0.3) is 0 Å². The lowest BCUT2D eigenvalue weighted by atomic mass is 9.88. The maximum Gasteiger partial charge on any atom is 0.0821 e. The minimum absolute atomic E-state index is 0.218. The number of benzene rings is 2. The highest BCUT2D eigenvalue weighted by molar-refractivity contribution is 5.19. The Morgan fingerprint density at radius 3 is 2.15 bits per heavy atom. The van der Waals surface area contributed by atoms with Crippen molar-refractivity contribution in [3.05, 3.63) is 84.4 Å². The standard InChI is InChI=1S/C19H22O/c1-2-9-17(15-14-16-10-5-3-6-11-16)19(20)18-12-7-4-8-13-18/h2-8,10-13,17,19-20H,1,9,14-15H2/t17-,19+/m0/s1. The molecule has 0 aromatic heterocycles. The molecule has 0 aliphatic rings. The molecule has 0 saturated heterocycles. The van der Waals surface area contributed by atoms with E-state index in [1.54, 1.807) is 0 Å². The van der Waals surface area contributed by atoms with Crippen LogP contribution in [0.4, 0.5) is 0 Å². The number of rotatable bonds is 7. The summed E-state index contributed by atoms with van der Waals surface area (Å²) in [7, 11) is 0. The van der Waals surface area contributed by atoms with Gasteiger partial charge < -0.3 is 5.11 Å².